The van der Waals surface area contributed by atoms with Crippen LogP contribution in [0.15, 0.2) is 0 Å². The molecular formula is C11H16BrF3O6. The maximum atomic E-state index is 12.4. The zero-order chi connectivity index (χ0) is 16.9. The SMILES string of the molecule is CC(C)(Br)C(=O)OCC(C)(CO)C(=O)OCC(F)(F)OF. The predicted octanol–water partition coefficient (Wildman–Crippen LogP) is 1.74. The van der Waals surface area contributed by atoms with Crippen LogP contribution in [0.5, 0.6) is 0 Å². The topological polar surface area (TPSA) is 82.1 Å². The lowest BCUT2D eigenvalue weighted by Gasteiger charge is -2.26. The van der Waals surface area contributed by atoms with Crippen molar-refractivity contribution in [2.75, 3.05) is 19.8 Å². The molecule has 1 N–H and O–H groups in total. The molecule has 0 aliphatic rings. The maximum absolute atomic E-state index is 12.4. The second-order valence-corrected chi connectivity index (χ2v) is 7.04. The Kier molecular flexibility index (Phi) is 7.10. The van der Waals surface area contributed by atoms with Gasteiger partial charge in [-0.15, -0.1) is 4.94 Å². The van der Waals surface area contributed by atoms with Crippen molar-refractivity contribution in [1.29, 1.82) is 0 Å². The van der Waals surface area contributed by atoms with E-state index >= 15 is 0 Å². The molecule has 0 amide bonds. The molecule has 0 aromatic rings. The average molecular weight is 381 g/mol. The first-order chi connectivity index (χ1) is 9.38. The Morgan fingerprint density at radius 2 is 1.57 bits per heavy atom. The molecular weight excluding hydrogens is 365 g/mol. The zero-order valence-electron chi connectivity index (χ0n) is 11.6. The number of ether oxygens (including phenoxy) is 2. The van der Waals surface area contributed by atoms with E-state index in [0.29, 0.717) is 0 Å². The van der Waals surface area contributed by atoms with Crippen molar-refractivity contribution in [1.82, 2.24) is 0 Å². The number of aliphatic hydroxyl groups excluding tert-OH is 1. The molecule has 1 atom stereocenters. The van der Waals surface area contributed by atoms with Gasteiger partial charge in [0.2, 0.25) is 0 Å². The fourth-order valence-electron chi connectivity index (χ4n) is 0.912. The van der Waals surface area contributed by atoms with Crippen molar-refractivity contribution in [2.24, 2.45) is 5.41 Å². The monoisotopic (exact) mass is 380 g/mol. The van der Waals surface area contributed by atoms with Gasteiger partial charge in [0.15, 0.2) is 6.61 Å². The van der Waals surface area contributed by atoms with Crippen LogP contribution in [0.1, 0.15) is 20.8 Å². The van der Waals surface area contributed by atoms with Gasteiger partial charge in [-0.1, -0.05) is 15.9 Å². The molecule has 0 rings (SSSR count). The summed E-state index contributed by atoms with van der Waals surface area (Å²) in [5, 5.41) is 9.16. The third-order valence-corrected chi connectivity index (χ3v) is 2.66. The Morgan fingerprint density at radius 3 is 1.95 bits per heavy atom. The standard InChI is InChI=1S/C11H16BrF3O6/c1-9(2,12)7(17)19-5-10(3,4-16)8(18)20-6-11(13,14)21-15/h16H,4-6H2,1-3H3. The van der Waals surface area contributed by atoms with Crippen molar-refractivity contribution < 1.29 is 42.4 Å². The molecule has 21 heavy (non-hydrogen) atoms. The van der Waals surface area contributed by atoms with Gasteiger partial charge in [-0.3, -0.25) is 9.59 Å². The van der Waals surface area contributed by atoms with Gasteiger partial charge in [0, 0.05) is 0 Å². The van der Waals surface area contributed by atoms with Gasteiger partial charge < -0.3 is 14.6 Å². The van der Waals surface area contributed by atoms with Crippen molar-refractivity contribution in [3.8, 4) is 0 Å². The zero-order valence-corrected chi connectivity index (χ0v) is 13.2. The van der Waals surface area contributed by atoms with Gasteiger partial charge in [0.1, 0.15) is 16.3 Å². The number of rotatable bonds is 8. The van der Waals surface area contributed by atoms with Gasteiger partial charge in [0.25, 0.3) is 0 Å². The summed E-state index contributed by atoms with van der Waals surface area (Å²) < 4.78 is 44.2. The minimum Gasteiger partial charge on any atom is -0.463 e. The van der Waals surface area contributed by atoms with Gasteiger partial charge in [-0.25, -0.2) is 0 Å². The van der Waals surface area contributed by atoms with E-state index in [2.05, 4.69) is 25.6 Å². The number of hydrogen-bond acceptors (Lipinski definition) is 6. The molecule has 0 fully saturated rings. The molecule has 10 heteroatoms. The fraction of sp³-hybridized carbons (Fsp3) is 0.818. The molecule has 0 bridgehead atoms. The quantitative estimate of drug-likeness (QED) is 0.510. The van der Waals surface area contributed by atoms with E-state index in [9.17, 15) is 22.9 Å². The summed E-state index contributed by atoms with van der Waals surface area (Å²) in [6.07, 6.45) is -4.29. The van der Waals surface area contributed by atoms with Crippen LogP contribution in [0, 0.1) is 5.41 Å². The Morgan fingerprint density at radius 1 is 1.10 bits per heavy atom. The van der Waals surface area contributed by atoms with Crippen LogP contribution >= 0.6 is 15.9 Å². The third kappa shape index (κ3) is 6.62. The Balaban J connectivity index is 4.65. The largest absolute Gasteiger partial charge is 0.463 e. The third-order valence-electron chi connectivity index (χ3n) is 2.33. The number of halogens is 4. The summed E-state index contributed by atoms with van der Waals surface area (Å²) in [6, 6.07) is 0. The second kappa shape index (κ2) is 7.41. The molecule has 0 spiro atoms. The molecule has 0 aliphatic heterocycles. The van der Waals surface area contributed by atoms with Crippen molar-refractivity contribution in [3.63, 3.8) is 0 Å². The van der Waals surface area contributed by atoms with Crippen molar-refractivity contribution >= 4 is 27.9 Å². The van der Waals surface area contributed by atoms with Crippen molar-refractivity contribution in [3.05, 3.63) is 0 Å². The predicted molar refractivity (Wildman–Crippen MR) is 67.3 cm³/mol. The molecule has 6 nitrogen and oxygen atoms in total. The number of carbonyl (C=O) groups is 2. The lowest BCUT2D eigenvalue weighted by atomic mass is 9.93. The summed E-state index contributed by atoms with van der Waals surface area (Å²) in [6.45, 7) is 1.02. The summed E-state index contributed by atoms with van der Waals surface area (Å²) in [7, 11) is 0. The van der Waals surface area contributed by atoms with Gasteiger partial charge in [-0.05, 0) is 25.3 Å². The van der Waals surface area contributed by atoms with E-state index in [1.54, 1.807) is 0 Å². The number of carbonyl (C=O) groups excluding carboxylic acids is 2. The fourth-order valence-corrected chi connectivity index (χ4v) is 1.03. The highest BCUT2D eigenvalue weighted by Crippen LogP contribution is 2.24. The number of alkyl halides is 3. The first kappa shape index (κ1) is 20.1. The second-order valence-electron chi connectivity index (χ2n) is 5.06. The van der Waals surface area contributed by atoms with E-state index in [4.69, 9.17) is 9.84 Å². The van der Waals surface area contributed by atoms with E-state index in [-0.39, 0.29) is 0 Å². The van der Waals surface area contributed by atoms with E-state index in [1.165, 1.54) is 13.8 Å². The van der Waals surface area contributed by atoms with Crippen LogP contribution in [0.25, 0.3) is 0 Å². The molecule has 0 aromatic carbocycles. The van der Waals surface area contributed by atoms with Gasteiger partial charge >= 0.3 is 18.0 Å². The summed E-state index contributed by atoms with van der Waals surface area (Å²) in [4.78, 5) is 25.5. The van der Waals surface area contributed by atoms with E-state index < -0.39 is 47.6 Å². The van der Waals surface area contributed by atoms with E-state index in [0.717, 1.165) is 6.92 Å². The Labute approximate surface area is 127 Å². The van der Waals surface area contributed by atoms with Crippen molar-refractivity contribution in [2.45, 2.75) is 31.2 Å². The Bertz CT molecular complexity index is 385. The van der Waals surface area contributed by atoms with Crippen LogP contribution in [0.4, 0.5) is 13.3 Å². The number of hydrogen-bond donors (Lipinski definition) is 1. The molecule has 0 aliphatic carbocycles. The van der Waals surface area contributed by atoms with E-state index in [1.807, 2.05) is 0 Å². The molecule has 1 unspecified atom stereocenters. The lowest BCUT2D eigenvalue weighted by Crippen LogP contribution is -2.42. The number of aliphatic hydroxyl groups is 1. The molecule has 0 heterocycles. The maximum Gasteiger partial charge on any atom is 0.419 e. The smallest absolute Gasteiger partial charge is 0.419 e. The summed E-state index contributed by atoms with van der Waals surface area (Å²) in [5.74, 6) is -2.02. The highest BCUT2D eigenvalue weighted by Gasteiger charge is 2.41. The highest BCUT2D eigenvalue weighted by atomic mass is 79.9. The minimum absolute atomic E-state index is 0.599. The average Bonchev–Trinajstić information content (AvgIpc) is 2.40. The summed E-state index contributed by atoms with van der Waals surface area (Å²) in [5.41, 5.74) is -1.76. The van der Waals surface area contributed by atoms with Gasteiger partial charge in [0.05, 0.1) is 6.61 Å². The molecule has 0 aromatic heterocycles. The summed E-state index contributed by atoms with van der Waals surface area (Å²) >= 11 is 3.03. The van der Waals surface area contributed by atoms with Crippen LogP contribution in [-0.4, -0.2) is 47.3 Å². The molecule has 0 saturated carbocycles. The minimum atomic E-state index is -4.29. The van der Waals surface area contributed by atoms with Crippen LogP contribution in [0.2, 0.25) is 0 Å². The van der Waals surface area contributed by atoms with Crippen LogP contribution in [0.3, 0.4) is 0 Å². The normalized spacial score (nSPS) is 15.2. The lowest BCUT2D eigenvalue weighted by molar-refractivity contribution is -0.365. The van der Waals surface area contributed by atoms with Crippen LogP contribution < -0.4 is 0 Å². The number of esters is 2. The molecule has 124 valence electrons. The molecule has 0 radical (unpaired) electrons. The highest BCUT2D eigenvalue weighted by molar-refractivity contribution is 9.10. The first-order valence-corrected chi connectivity index (χ1v) is 6.49. The van der Waals surface area contributed by atoms with Gasteiger partial charge in [-0.2, -0.15) is 8.78 Å². The Hall–Kier alpha value is -0.870. The molecule has 0 saturated heterocycles. The first-order valence-electron chi connectivity index (χ1n) is 5.70. The van der Waals surface area contributed by atoms with Crippen LogP contribution in [-0.2, 0) is 24.0 Å².